The van der Waals surface area contributed by atoms with Crippen LogP contribution < -0.4 is 5.32 Å². The van der Waals surface area contributed by atoms with Crippen molar-refractivity contribution < 1.29 is 19.5 Å². The Kier molecular flexibility index (Phi) is 4.86. The standard InChI is InChI=1S/C13H18N2O4/c1-8(4-12(17)18)6-14-13(19)11-5-10(9(2)16)7-15(11)3/h5,7-8H,4,6H2,1-3H3,(H,14,19)(H,17,18). The second-order valence-corrected chi connectivity index (χ2v) is 4.69. The van der Waals surface area contributed by atoms with Crippen molar-refractivity contribution in [3.63, 3.8) is 0 Å². The molecule has 6 heteroatoms. The normalized spacial score (nSPS) is 11.9. The van der Waals surface area contributed by atoms with E-state index in [4.69, 9.17) is 5.11 Å². The van der Waals surface area contributed by atoms with Crippen LogP contribution in [0.2, 0.25) is 0 Å². The topological polar surface area (TPSA) is 88.4 Å². The molecule has 0 spiro atoms. The van der Waals surface area contributed by atoms with E-state index in [9.17, 15) is 14.4 Å². The number of aliphatic carboxylic acids is 1. The van der Waals surface area contributed by atoms with Gasteiger partial charge in [-0.25, -0.2) is 0 Å². The lowest BCUT2D eigenvalue weighted by Gasteiger charge is -2.10. The monoisotopic (exact) mass is 266 g/mol. The van der Waals surface area contributed by atoms with E-state index in [0.29, 0.717) is 11.3 Å². The highest BCUT2D eigenvalue weighted by molar-refractivity contribution is 5.99. The maximum absolute atomic E-state index is 11.9. The fraction of sp³-hybridized carbons (Fsp3) is 0.462. The zero-order valence-corrected chi connectivity index (χ0v) is 11.3. The van der Waals surface area contributed by atoms with E-state index in [1.165, 1.54) is 13.0 Å². The van der Waals surface area contributed by atoms with Crippen molar-refractivity contribution in [2.75, 3.05) is 6.54 Å². The average molecular weight is 266 g/mol. The Labute approximate surface area is 111 Å². The smallest absolute Gasteiger partial charge is 0.303 e. The molecule has 1 heterocycles. The molecule has 0 saturated carbocycles. The van der Waals surface area contributed by atoms with Crippen molar-refractivity contribution in [1.82, 2.24) is 9.88 Å². The summed E-state index contributed by atoms with van der Waals surface area (Å²) in [6.45, 7) is 3.47. The van der Waals surface area contributed by atoms with Crippen LogP contribution in [-0.4, -0.2) is 33.9 Å². The Morgan fingerprint density at radius 3 is 2.53 bits per heavy atom. The molecule has 19 heavy (non-hydrogen) atoms. The molecule has 1 atom stereocenters. The molecule has 2 N–H and O–H groups in total. The molecule has 1 amide bonds. The van der Waals surface area contributed by atoms with Gasteiger partial charge in [0.1, 0.15) is 5.69 Å². The van der Waals surface area contributed by atoms with Gasteiger partial charge < -0.3 is 15.0 Å². The number of carbonyl (C=O) groups excluding carboxylic acids is 2. The molecule has 0 saturated heterocycles. The molecule has 1 rings (SSSR count). The van der Waals surface area contributed by atoms with Crippen LogP contribution in [-0.2, 0) is 11.8 Å². The van der Waals surface area contributed by atoms with Crippen molar-refractivity contribution in [2.24, 2.45) is 13.0 Å². The fourth-order valence-electron chi connectivity index (χ4n) is 1.71. The molecule has 0 aromatic carbocycles. The van der Waals surface area contributed by atoms with Crippen LogP contribution in [0.25, 0.3) is 0 Å². The van der Waals surface area contributed by atoms with Gasteiger partial charge in [0.05, 0.1) is 0 Å². The third kappa shape index (κ3) is 4.24. The van der Waals surface area contributed by atoms with Gasteiger partial charge in [-0.05, 0) is 18.9 Å². The Bertz CT molecular complexity index is 505. The highest BCUT2D eigenvalue weighted by Crippen LogP contribution is 2.08. The number of rotatable bonds is 6. The molecule has 0 aliphatic heterocycles. The molecular formula is C13H18N2O4. The van der Waals surface area contributed by atoms with Crippen molar-refractivity contribution in [3.8, 4) is 0 Å². The number of nitrogens with zero attached hydrogens (tertiary/aromatic N) is 1. The van der Waals surface area contributed by atoms with E-state index < -0.39 is 5.97 Å². The van der Waals surface area contributed by atoms with Crippen LogP contribution in [0.3, 0.4) is 0 Å². The van der Waals surface area contributed by atoms with Crippen molar-refractivity contribution in [1.29, 1.82) is 0 Å². The van der Waals surface area contributed by atoms with Gasteiger partial charge in [-0.1, -0.05) is 6.92 Å². The van der Waals surface area contributed by atoms with Crippen LogP contribution in [0.1, 0.15) is 41.1 Å². The van der Waals surface area contributed by atoms with Gasteiger partial charge in [0.25, 0.3) is 5.91 Å². The first-order chi connectivity index (χ1) is 8.81. The lowest BCUT2D eigenvalue weighted by atomic mass is 10.1. The van der Waals surface area contributed by atoms with E-state index in [2.05, 4.69) is 5.32 Å². The lowest BCUT2D eigenvalue weighted by molar-refractivity contribution is -0.137. The molecule has 0 bridgehead atoms. The largest absolute Gasteiger partial charge is 0.481 e. The summed E-state index contributed by atoms with van der Waals surface area (Å²) in [5, 5.41) is 11.3. The van der Waals surface area contributed by atoms with E-state index in [1.54, 1.807) is 24.7 Å². The van der Waals surface area contributed by atoms with Crippen LogP contribution in [0, 0.1) is 5.92 Å². The van der Waals surface area contributed by atoms with Crippen LogP contribution >= 0.6 is 0 Å². The van der Waals surface area contributed by atoms with Gasteiger partial charge in [0.15, 0.2) is 5.78 Å². The van der Waals surface area contributed by atoms with E-state index in [-0.39, 0.29) is 30.6 Å². The summed E-state index contributed by atoms with van der Waals surface area (Å²) in [6, 6.07) is 1.53. The number of aromatic nitrogens is 1. The number of amides is 1. The second kappa shape index (κ2) is 6.17. The minimum Gasteiger partial charge on any atom is -0.481 e. The fourth-order valence-corrected chi connectivity index (χ4v) is 1.71. The van der Waals surface area contributed by atoms with E-state index >= 15 is 0 Å². The number of carbonyl (C=O) groups is 3. The number of hydrogen-bond acceptors (Lipinski definition) is 3. The van der Waals surface area contributed by atoms with Gasteiger partial charge in [-0.3, -0.25) is 14.4 Å². The lowest BCUT2D eigenvalue weighted by Crippen LogP contribution is -2.30. The number of carboxylic acid groups (broad SMARTS) is 1. The summed E-state index contributed by atoms with van der Waals surface area (Å²) in [5.41, 5.74) is 0.860. The molecule has 0 aliphatic rings. The summed E-state index contributed by atoms with van der Waals surface area (Å²) in [7, 11) is 1.68. The molecule has 1 aromatic rings. The van der Waals surface area contributed by atoms with Crippen LogP contribution in [0.5, 0.6) is 0 Å². The number of aryl methyl sites for hydroxylation is 1. The first-order valence-corrected chi connectivity index (χ1v) is 5.98. The molecule has 6 nitrogen and oxygen atoms in total. The molecule has 0 radical (unpaired) electrons. The van der Waals surface area contributed by atoms with Gasteiger partial charge in [0.2, 0.25) is 0 Å². The Morgan fingerprint density at radius 1 is 1.42 bits per heavy atom. The first-order valence-electron chi connectivity index (χ1n) is 5.98. The summed E-state index contributed by atoms with van der Waals surface area (Å²) in [5.74, 6) is -1.45. The Balaban J connectivity index is 2.63. The van der Waals surface area contributed by atoms with Crippen LogP contribution in [0.15, 0.2) is 12.3 Å². The molecule has 0 fully saturated rings. The molecular weight excluding hydrogens is 248 g/mol. The van der Waals surface area contributed by atoms with Crippen LogP contribution in [0.4, 0.5) is 0 Å². The van der Waals surface area contributed by atoms with Crippen molar-refractivity contribution >= 4 is 17.7 Å². The quantitative estimate of drug-likeness (QED) is 0.754. The maximum Gasteiger partial charge on any atom is 0.303 e. The number of ketones is 1. The third-order valence-corrected chi connectivity index (χ3v) is 2.78. The van der Waals surface area contributed by atoms with Gasteiger partial charge in [-0.2, -0.15) is 0 Å². The number of hydrogen-bond donors (Lipinski definition) is 2. The summed E-state index contributed by atoms with van der Waals surface area (Å²) in [6.07, 6.45) is 1.60. The zero-order chi connectivity index (χ0) is 14.6. The predicted octanol–water partition coefficient (Wildman–Crippen LogP) is 1.07. The highest BCUT2D eigenvalue weighted by Gasteiger charge is 2.15. The average Bonchev–Trinajstić information content (AvgIpc) is 2.67. The molecule has 0 aliphatic carbocycles. The molecule has 1 aromatic heterocycles. The SMILES string of the molecule is CC(=O)c1cc(C(=O)NCC(C)CC(=O)O)n(C)c1. The molecule has 104 valence electrons. The maximum atomic E-state index is 11.9. The van der Waals surface area contributed by atoms with Gasteiger partial charge in [-0.15, -0.1) is 0 Å². The van der Waals surface area contributed by atoms with E-state index in [1.807, 2.05) is 0 Å². The van der Waals surface area contributed by atoms with Crippen molar-refractivity contribution in [2.45, 2.75) is 20.3 Å². The van der Waals surface area contributed by atoms with Crippen molar-refractivity contribution in [3.05, 3.63) is 23.5 Å². The molecule has 1 unspecified atom stereocenters. The Morgan fingerprint density at radius 2 is 2.05 bits per heavy atom. The van der Waals surface area contributed by atoms with Gasteiger partial charge in [0, 0.05) is 31.8 Å². The first kappa shape index (κ1) is 14.9. The minimum absolute atomic E-state index is 0.00606. The predicted molar refractivity (Wildman–Crippen MR) is 69.2 cm³/mol. The number of nitrogens with one attached hydrogen (secondary N) is 1. The van der Waals surface area contributed by atoms with Gasteiger partial charge >= 0.3 is 5.97 Å². The highest BCUT2D eigenvalue weighted by atomic mass is 16.4. The summed E-state index contributed by atoms with van der Waals surface area (Å²) >= 11 is 0. The Hall–Kier alpha value is -2.11. The summed E-state index contributed by atoms with van der Waals surface area (Å²) < 4.78 is 1.58. The number of Topliss-reactive ketones (excluding diaryl/α,β-unsaturated/α-hetero) is 1. The zero-order valence-electron chi connectivity index (χ0n) is 11.3. The summed E-state index contributed by atoms with van der Waals surface area (Å²) in [4.78, 5) is 33.6. The van der Waals surface area contributed by atoms with E-state index in [0.717, 1.165) is 0 Å². The third-order valence-electron chi connectivity index (χ3n) is 2.78. The number of carboxylic acids is 1. The second-order valence-electron chi connectivity index (χ2n) is 4.69. The minimum atomic E-state index is -0.889.